The fourth-order valence-electron chi connectivity index (χ4n) is 2.61. The number of likely N-dealkylation sites (tertiary alicyclic amines) is 1. The third-order valence-electron chi connectivity index (χ3n) is 3.89. The van der Waals surface area contributed by atoms with Crippen LogP contribution in [0.5, 0.6) is 0 Å². The summed E-state index contributed by atoms with van der Waals surface area (Å²) in [5, 5.41) is 5.35. The first-order valence-electron chi connectivity index (χ1n) is 8.05. The van der Waals surface area contributed by atoms with E-state index in [1.807, 2.05) is 4.90 Å². The maximum Gasteiger partial charge on any atom is 0.319 e. The van der Waals surface area contributed by atoms with E-state index in [9.17, 15) is 9.59 Å². The molecule has 1 fully saturated rings. The van der Waals surface area contributed by atoms with Gasteiger partial charge >= 0.3 is 6.03 Å². The minimum absolute atomic E-state index is 0.0523. The number of anilines is 1. The molecule has 7 heteroatoms. The van der Waals surface area contributed by atoms with Gasteiger partial charge in [0.15, 0.2) is 0 Å². The zero-order valence-electron chi connectivity index (χ0n) is 13.3. The van der Waals surface area contributed by atoms with E-state index in [2.05, 4.69) is 15.6 Å². The maximum absolute atomic E-state index is 12.3. The van der Waals surface area contributed by atoms with Crippen molar-refractivity contribution < 1.29 is 14.0 Å². The highest BCUT2D eigenvalue weighted by Crippen LogP contribution is 2.13. The smallest absolute Gasteiger partial charge is 0.319 e. The van der Waals surface area contributed by atoms with Gasteiger partial charge in [-0.3, -0.25) is 4.79 Å². The summed E-state index contributed by atoms with van der Waals surface area (Å²) in [4.78, 5) is 30.1. The van der Waals surface area contributed by atoms with Crippen LogP contribution in [0.4, 0.5) is 10.5 Å². The zero-order chi connectivity index (χ0) is 16.8. The highest BCUT2D eigenvalue weighted by Gasteiger charge is 2.19. The van der Waals surface area contributed by atoms with Gasteiger partial charge in [-0.15, -0.1) is 0 Å². The van der Waals surface area contributed by atoms with E-state index in [4.69, 9.17) is 4.42 Å². The van der Waals surface area contributed by atoms with Crippen LogP contribution >= 0.6 is 0 Å². The van der Waals surface area contributed by atoms with Gasteiger partial charge < -0.3 is 20.0 Å². The normalized spacial score (nSPS) is 14.2. The summed E-state index contributed by atoms with van der Waals surface area (Å²) in [7, 11) is 0. The van der Waals surface area contributed by atoms with Crippen LogP contribution in [0.1, 0.15) is 35.5 Å². The number of urea groups is 1. The molecule has 126 valence electrons. The first kappa shape index (κ1) is 16.0. The van der Waals surface area contributed by atoms with Gasteiger partial charge in [0, 0.05) is 13.1 Å². The number of aromatic nitrogens is 1. The molecule has 2 aromatic heterocycles. The quantitative estimate of drug-likeness (QED) is 0.903. The fraction of sp³-hybridized carbons (Fsp3) is 0.353. The fourth-order valence-corrected chi connectivity index (χ4v) is 2.61. The molecule has 3 rings (SSSR count). The van der Waals surface area contributed by atoms with Gasteiger partial charge in [0.2, 0.25) is 0 Å². The first-order valence-corrected chi connectivity index (χ1v) is 8.05. The number of furan rings is 1. The Hall–Kier alpha value is -2.83. The molecule has 0 spiro atoms. The zero-order valence-corrected chi connectivity index (χ0v) is 13.3. The Morgan fingerprint density at radius 2 is 2.00 bits per heavy atom. The molecule has 0 saturated carbocycles. The molecule has 0 bridgehead atoms. The standard InChI is InChI=1S/C17H20N4O3/c22-16(21-8-2-1-3-9-21)15-7-6-13(11-18-15)20-17(23)19-12-14-5-4-10-24-14/h4-7,10-11H,1-3,8-9,12H2,(H2,19,20,23). The Balaban J connectivity index is 1.52. The molecule has 1 aliphatic heterocycles. The lowest BCUT2D eigenvalue weighted by Gasteiger charge is -2.26. The number of nitrogens with zero attached hydrogens (tertiary/aromatic N) is 2. The van der Waals surface area contributed by atoms with E-state index in [1.54, 1.807) is 30.5 Å². The first-order chi connectivity index (χ1) is 11.7. The van der Waals surface area contributed by atoms with Gasteiger partial charge in [-0.2, -0.15) is 0 Å². The van der Waals surface area contributed by atoms with Gasteiger partial charge in [-0.1, -0.05) is 0 Å². The minimum Gasteiger partial charge on any atom is -0.467 e. The third kappa shape index (κ3) is 4.13. The van der Waals surface area contributed by atoms with Crippen molar-refractivity contribution in [1.82, 2.24) is 15.2 Å². The summed E-state index contributed by atoms with van der Waals surface area (Å²) in [6.07, 6.45) is 6.30. The van der Waals surface area contributed by atoms with Crippen molar-refractivity contribution in [3.05, 3.63) is 48.2 Å². The number of hydrogen-bond donors (Lipinski definition) is 2. The number of hydrogen-bond acceptors (Lipinski definition) is 4. The Morgan fingerprint density at radius 3 is 2.67 bits per heavy atom. The number of piperidine rings is 1. The number of carbonyl (C=O) groups excluding carboxylic acids is 2. The molecule has 0 atom stereocenters. The van der Waals surface area contributed by atoms with Crippen molar-refractivity contribution in [3.8, 4) is 0 Å². The molecule has 0 aromatic carbocycles. The van der Waals surface area contributed by atoms with Crippen LogP contribution in [0.2, 0.25) is 0 Å². The van der Waals surface area contributed by atoms with Crippen LogP contribution in [0.15, 0.2) is 41.1 Å². The van der Waals surface area contributed by atoms with Crippen molar-refractivity contribution in [3.63, 3.8) is 0 Å². The van der Waals surface area contributed by atoms with Crippen LogP contribution in [-0.2, 0) is 6.54 Å². The third-order valence-corrected chi connectivity index (χ3v) is 3.89. The predicted molar refractivity (Wildman–Crippen MR) is 88.6 cm³/mol. The van der Waals surface area contributed by atoms with Crippen molar-refractivity contribution in [1.29, 1.82) is 0 Å². The lowest BCUT2D eigenvalue weighted by molar-refractivity contribution is 0.0718. The van der Waals surface area contributed by atoms with Crippen LogP contribution in [0.25, 0.3) is 0 Å². The molecule has 3 amide bonds. The number of rotatable bonds is 4. The van der Waals surface area contributed by atoms with E-state index < -0.39 is 0 Å². The molecule has 24 heavy (non-hydrogen) atoms. The summed E-state index contributed by atoms with van der Waals surface area (Å²) in [5.41, 5.74) is 0.931. The van der Waals surface area contributed by atoms with Crippen molar-refractivity contribution in [2.45, 2.75) is 25.8 Å². The summed E-state index contributed by atoms with van der Waals surface area (Å²) in [6.45, 7) is 1.88. The number of nitrogens with one attached hydrogen (secondary N) is 2. The Kier molecular flexibility index (Phi) is 5.10. The van der Waals surface area contributed by atoms with Gasteiger partial charge in [-0.05, 0) is 43.5 Å². The van der Waals surface area contributed by atoms with E-state index >= 15 is 0 Å². The molecule has 3 heterocycles. The molecule has 0 unspecified atom stereocenters. The second-order valence-electron chi connectivity index (χ2n) is 5.67. The average Bonchev–Trinajstić information content (AvgIpc) is 3.14. The highest BCUT2D eigenvalue weighted by atomic mass is 16.3. The Bertz CT molecular complexity index is 676. The van der Waals surface area contributed by atoms with E-state index in [0.717, 1.165) is 25.9 Å². The summed E-state index contributed by atoms with van der Waals surface area (Å²) in [5.74, 6) is 0.620. The van der Waals surface area contributed by atoms with Gasteiger partial charge in [0.25, 0.3) is 5.91 Å². The molecule has 2 N–H and O–H groups in total. The SMILES string of the molecule is O=C(NCc1ccco1)Nc1ccc(C(=O)N2CCCCC2)nc1. The van der Waals surface area contributed by atoms with Gasteiger partial charge in [0.05, 0.1) is 24.7 Å². The minimum atomic E-state index is -0.358. The van der Waals surface area contributed by atoms with Crippen molar-refractivity contribution >= 4 is 17.6 Å². The van der Waals surface area contributed by atoms with E-state index in [-0.39, 0.29) is 11.9 Å². The van der Waals surface area contributed by atoms with E-state index in [1.165, 1.54) is 12.6 Å². The lowest BCUT2D eigenvalue weighted by atomic mass is 10.1. The molecule has 2 aromatic rings. The monoisotopic (exact) mass is 328 g/mol. The van der Waals surface area contributed by atoms with Crippen LogP contribution in [0.3, 0.4) is 0 Å². The van der Waals surface area contributed by atoms with Crippen LogP contribution < -0.4 is 10.6 Å². The topological polar surface area (TPSA) is 87.5 Å². The molecule has 0 radical (unpaired) electrons. The van der Waals surface area contributed by atoms with Crippen molar-refractivity contribution in [2.24, 2.45) is 0 Å². The molecular weight excluding hydrogens is 308 g/mol. The Morgan fingerprint density at radius 1 is 1.17 bits per heavy atom. The van der Waals surface area contributed by atoms with E-state index in [0.29, 0.717) is 23.7 Å². The number of pyridine rings is 1. The number of carbonyl (C=O) groups is 2. The number of amides is 3. The largest absolute Gasteiger partial charge is 0.467 e. The summed E-state index contributed by atoms with van der Waals surface area (Å²) < 4.78 is 5.14. The summed E-state index contributed by atoms with van der Waals surface area (Å²) in [6, 6.07) is 6.50. The molecule has 7 nitrogen and oxygen atoms in total. The second-order valence-corrected chi connectivity index (χ2v) is 5.67. The predicted octanol–water partition coefficient (Wildman–Crippen LogP) is 2.62. The second kappa shape index (κ2) is 7.63. The molecule has 1 aliphatic rings. The van der Waals surface area contributed by atoms with Gasteiger partial charge in [-0.25, -0.2) is 9.78 Å². The van der Waals surface area contributed by atoms with Gasteiger partial charge in [0.1, 0.15) is 11.5 Å². The molecule has 1 saturated heterocycles. The lowest BCUT2D eigenvalue weighted by Crippen LogP contribution is -2.36. The summed E-state index contributed by atoms with van der Waals surface area (Å²) >= 11 is 0. The maximum atomic E-state index is 12.3. The van der Waals surface area contributed by atoms with Crippen LogP contribution in [0, 0.1) is 0 Å². The highest BCUT2D eigenvalue weighted by molar-refractivity contribution is 5.93. The molecule has 0 aliphatic carbocycles. The Labute approximate surface area is 140 Å². The van der Waals surface area contributed by atoms with Crippen LogP contribution in [-0.4, -0.2) is 34.9 Å². The average molecular weight is 328 g/mol. The van der Waals surface area contributed by atoms with Crippen molar-refractivity contribution in [2.75, 3.05) is 18.4 Å². The molecular formula is C17H20N4O3.